The third-order valence-corrected chi connectivity index (χ3v) is 3.70. The Hall–Kier alpha value is -0.870. The van der Waals surface area contributed by atoms with E-state index in [1.54, 1.807) is 0 Å². The smallest absolute Gasteiger partial charge is 0.115 e. The summed E-state index contributed by atoms with van der Waals surface area (Å²) in [4.78, 5) is 4.47. The fourth-order valence-electron chi connectivity index (χ4n) is 2.20. The molecule has 1 aliphatic heterocycles. The van der Waals surface area contributed by atoms with Gasteiger partial charge in [-0.15, -0.1) is 0 Å². The highest BCUT2D eigenvalue weighted by Crippen LogP contribution is 2.21. The normalized spacial score (nSPS) is 20.7. The van der Waals surface area contributed by atoms with Crippen molar-refractivity contribution < 1.29 is 4.74 Å². The summed E-state index contributed by atoms with van der Waals surface area (Å²) in [5.74, 6) is 1.09. The number of hydrogen-bond acceptors (Lipinski definition) is 2. The van der Waals surface area contributed by atoms with Crippen LogP contribution in [0.4, 0.5) is 0 Å². The first kappa shape index (κ1) is 10.3. The van der Waals surface area contributed by atoms with Crippen LogP contribution in [0.2, 0.25) is 0 Å². The summed E-state index contributed by atoms with van der Waals surface area (Å²) in [5.41, 5.74) is 1.12. The quantitative estimate of drug-likeness (QED) is 0.846. The molecule has 2 aromatic rings. The fourth-order valence-corrected chi connectivity index (χ4v) is 2.65. The summed E-state index contributed by atoms with van der Waals surface area (Å²) in [5, 5.41) is 0. The highest BCUT2D eigenvalue weighted by atomic mass is 79.9. The molecule has 0 aromatic carbocycles. The number of fused-ring (bicyclic) bond motifs is 1. The Morgan fingerprint density at radius 2 is 2.50 bits per heavy atom. The third-order valence-electron chi connectivity index (χ3n) is 3.03. The number of nitrogens with zero attached hydrogens (tertiary/aromatic N) is 2. The molecule has 1 unspecified atom stereocenters. The average molecular weight is 281 g/mol. The minimum atomic E-state index is 0.351. The molecule has 0 spiro atoms. The van der Waals surface area contributed by atoms with Crippen molar-refractivity contribution in [2.45, 2.75) is 25.4 Å². The standard InChI is InChI=1S/C12H13BrN2O/c13-10-4-1-5-15-11(10)8-14-12(15)7-9-3-2-6-16-9/h1,4-5,8-9H,2-3,6-7H2. The van der Waals surface area contributed by atoms with Gasteiger partial charge in [0.1, 0.15) is 5.82 Å². The monoisotopic (exact) mass is 280 g/mol. The molecule has 0 bridgehead atoms. The molecule has 3 rings (SSSR count). The van der Waals surface area contributed by atoms with Crippen LogP contribution >= 0.6 is 15.9 Å². The number of pyridine rings is 1. The van der Waals surface area contributed by atoms with Crippen LogP contribution < -0.4 is 0 Å². The Labute approximate surface area is 103 Å². The molecule has 4 heteroatoms. The van der Waals surface area contributed by atoms with Gasteiger partial charge < -0.3 is 9.14 Å². The highest BCUT2D eigenvalue weighted by molar-refractivity contribution is 9.10. The topological polar surface area (TPSA) is 26.5 Å². The second kappa shape index (κ2) is 4.18. The van der Waals surface area contributed by atoms with Crippen LogP contribution in [0, 0.1) is 0 Å². The number of aromatic nitrogens is 2. The Bertz CT molecular complexity index is 503. The van der Waals surface area contributed by atoms with Gasteiger partial charge in [0.25, 0.3) is 0 Å². The Balaban J connectivity index is 1.94. The maximum atomic E-state index is 5.64. The molecule has 2 aromatic heterocycles. The molecule has 0 saturated carbocycles. The molecule has 3 heterocycles. The second-order valence-electron chi connectivity index (χ2n) is 4.12. The molecule has 0 radical (unpaired) electrons. The highest BCUT2D eigenvalue weighted by Gasteiger charge is 2.18. The summed E-state index contributed by atoms with van der Waals surface area (Å²) in [6.07, 6.45) is 7.56. The van der Waals surface area contributed by atoms with E-state index in [0.717, 1.165) is 35.3 Å². The van der Waals surface area contributed by atoms with E-state index in [-0.39, 0.29) is 0 Å². The Kier molecular flexibility index (Phi) is 2.69. The lowest BCUT2D eigenvalue weighted by atomic mass is 10.2. The van der Waals surface area contributed by atoms with E-state index in [9.17, 15) is 0 Å². The number of ether oxygens (including phenoxy) is 1. The SMILES string of the molecule is Brc1cccn2c(CC3CCCO3)ncc12. The summed E-state index contributed by atoms with van der Waals surface area (Å²) in [7, 11) is 0. The van der Waals surface area contributed by atoms with Crippen LogP contribution in [-0.4, -0.2) is 22.1 Å². The molecule has 0 amide bonds. The maximum absolute atomic E-state index is 5.64. The first-order valence-corrected chi connectivity index (χ1v) is 6.36. The van der Waals surface area contributed by atoms with Crippen LogP contribution in [0.25, 0.3) is 5.52 Å². The van der Waals surface area contributed by atoms with Gasteiger partial charge in [-0.2, -0.15) is 0 Å². The van der Waals surface area contributed by atoms with Gasteiger partial charge in [0.05, 0.1) is 17.8 Å². The van der Waals surface area contributed by atoms with Crippen LogP contribution in [0.3, 0.4) is 0 Å². The zero-order valence-electron chi connectivity index (χ0n) is 8.90. The van der Waals surface area contributed by atoms with E-state index in [2.05, 4.69) is 31.5 Å². The minimum absolute atomic E-state index is 0.351. The summed E-state index contributed by atoms with van der Waals surface area (Å²) < 4.78 is 8.86. The lowest BCUT2D eigenvalue weighted by molar-refractivity contribution is 0.110. The van der Waals surface area contributed by atoms with Crippen molar-refractivity contribution in [2.24, 2.45) is 0 Å². The third kappa shape index (κ3) is 1.76. The van der Waals surface area contributed by atoms with Gasteiger partial charge in [-0.1, -0.05) is 0 Å². The molecule has 3 nitrogen and oxygen atoms in total. The van der Waals surface area contributed by atoms with Crippen molar-refractivity contribution in [3.05, 3.63) is 34.8 Å². The van der Waals surface area contributed by atoms with Gasteiger partial charge in [0.2, 0.25) is 0 Å². The number of imidazole rings is 1. The molecular formula is C12H13BrN2O. The predicted molar refractivity (Wildman–Crippen MR) is 65.6 cm³/mol. The Morgan fingerprint density at radius 3 is 3.31 bits per heavy atom. The van der Waals surface area contributed by atoms with Gasteiger partial charge in [0, 0.05) is 23.7 Å². The molecule has 1 fully saturated rings. The van der Waals surface area contributed by atoms with Gasteiger partial charge in [-0.25, -0.2) is 4.98 Å². The van der Waals surface area contributed by atoms with E-state index in [0.29, 0.717) is 6.10 Å². The van der Waals surface area contributed by atoms with Crippen molar-refractivity contribution in [3.8, 4) is 0 Å². The van der Waals surface area contributed by atoms with Crippen molar-refractivity contribution >= 4 is 21.4 Å². The van der Waals surface area contributed by atoms with Crippen LogP contribution in [0.15, 0.2) is 29.0 Å². The molecule has 0 aliphatic carbocycles. The molecule has 1 aliphatic rings. The summed E-state index contributed by atoms with van der Waals surface area (Å²) in [6.45, 7) is 0.900. The van der Waals surface area contributed by atoms with Gasteiger partial charge >= 0.3 is 0 Å². The van der Waals surface area contributed by atoms with E-state index in [4.69, 9.17) is 4.74 Å². The van der Waals surface area contributed by atoms with Crippen molar-refractivity contribution in [2.75, 3.05) is 6.61 Å². The number of halogens is 1. The fraction of sp³-hybridized carbons (Fsp3) is 0.417. The van der Waals surface area contributed by atoms with Crippen LogP contribution in [-0.2, 0) is 11.2 Å². The second-order valence-corrected chi connectivity index (χ2v) is 4.98. The molecule has 1 atom stereocenters. The van der Waals surface area contributed by atoms with Crippen molar-refractivity contribution in [1.82, 2.24) is 9.38 Å². The first-order chi connectivity index (χ1) is 7.84. The zero-order chi connectivity index (χ0) is 11.0. The molecule has 1 saturated heterocycles. The van der Waals surface area contributed by atoms with E-state index in [1.807, 2.05) is 18.3 Å². The van der Waals surface area contributed by atoms with Crippen LogP contribution in [0.5, 0.6) is 0 Å². The van der Waals surface area contributed by atoms with Crippen LogP contribution in [0.1, 0.15) is 18.7 Å². The molecular weight excluding hydrogens is 268 g/mol. The minimum Gasteiger partial charge on any atom is -0.378 e. The zero-order valence-corrected chi connectivity index (χ0v) is 10.5. The summed E-state index contributed by atoms with van der Waals surface area (Å²) >= 11 is 3.53. The van der Waals surface area contributed by atoms with E-state index < -0.39 is 0 Å². The molecule has 84 valence electrons. The summed E-state index contributed by atoms with van der Waals surface area (Å²) in [6, 6.07) is 4.06. The molecule has 16 heavy (non-hydrogen) atoms. The van der Waals surface area contributed by atoms with Gasteiger partial charge in [-0.3, -0.25) is 0 Å². The Morgan fingerprint density at radius 1 is 1.56 bits per heavy atom. The van der Waals surface area contributed by atoms with Crippen molar-refractivity contribution in [3.63, 3.8) is 0 Å². The number of hydrogen-bond donors (Lipinski definition) is 0. The van der Waals surface area contributed by atoms with Crippen molar-refractivity contribution in [1.29, 1.82) is 0 Å². The van der Waals surface area contributed by atoms with E-state index in [1.165, 1.54) is 6.42 Å². The van der Waals surface area contributed by atoms with E-state index >= 15 is 0 Å². The van der Waals surface area contributed by atoms with Gasteiger partial charge in [-0.05, 0) is 40.9 Å². The lowest BCUT2D eigenvalue weighted by Gasteiger charge is -2.08. The molecule has 0 N–H and O–H groups in total. The largest absolute Gasteiger partial charge is 0.378 e. The predicted octanol–water partition coefficient (Wildman–Crippen LogP) is 2.82. The average Bonchev–Trinajstić information content (AvgIpc) is 2.90. The maximum Gasteiger partial charge on any atom is 0.115 e. The van der Waals surface area contributed by atoms with Gasteiger partial charge in [0.15, 0.2) is 0 Å². The first-order valence-electron chi connectivity index (χ1n) is 5.56. The number of rotatable bonds is 2. The lowest BCUT2D eigenvalue weighted by Crippen LogP contribution is -2.11.